The second-order valence-corrected chi connectivity index (χ2v) is 10.7. The van der Waals surface area contributed by atoms with Gasteiger partial charge in [-0.1, -0.05) is 13.0 Å². The molecule has 1 saturated carbocycles. The van der Waals surface area contributed by atoms with Crippen LogP contribution < -0.4 is 5.32 Å². The standard InChI is InChI=1S/C26H31N5O3/c1-14(25(33)30-18(11-27)8-17-9-22(17)30)12-29-13-19-10-23(29)26(34)31(19)21-6-4-15-7-16(24(32)28-2)3-5-20(15)21/h3,5,7,14,17-19,21-23H,4,6,8-10,12-13H2,1-2H3,(H,28,32)/t14-,17+,18-,19-,21-,22?,23-/m0/s1. The second kappa shape index (κ2) is 7.81. The molecule has 1 unspecified atom stereocenters. The Morgan fingerprint density at radius 2 is 2.06 bits per heavy atom. The van der Waals surface area contributed by atoms with Crippen LogP contribution in [-0.2, 0) is 16.0 Å². The van der Waals surface area contributed by atoms with Gasteiger partial charge >= 0.3 is 0 Å². The fraction of sp³-hybridized carbons (Fsp3) is 0.615. The minimum Gasteiger partial charge on any atom is -0.355 e. The summed E-state index contributed by atoms with van der Waals surface area (Å²) in [5, 5.41) is 12.1. The third kappa shape index (κ3) is 3.17. The normalized spacial score (nSPS) is 34.1. The predicted molar refractivity (Wildman–Crippen MR) is 123 cm³/mol. The van der Waals surface area contributed by atoms with Crippen LogP contribution in [0.5, 0.6) is 0 Å². The van der Waals surface area contributed by atoms with Crippen molar-refractivity contribution in [1.82, 2.24) is 20.0 Å². The Morgan fingerprint density at radius 3 is 2.79 bits per heavy atom. The Kier molecular flexibility index (Phi) is 4.96. The third-order valence-electron chi connectivity index (χ3n) is 8.77. The first kappa shape index (κ1) is 21.6. The number of carbonyl (C=O) groups is 3. The van der Waals surface area contributed by atoms with Crippen molar-refractivity contribution >= 4 is 17.7 Å². The van der Waals surface area contributed by atoms with E-state index < -0.39 is 0 Å². The van der Waals surface area contributed by atoms with Gasteiger partial charge in [-0.15, -0.1) is 0 Å². The van der Waals surface area contributed by atoms with Crippen molar-refractivity contribution in [1.29, 1.82) is 5.26 Å². The molecule has 1 aromatic carbocycles. The van der Waals surface area contributed by atoms with Gasteiger partial charge in [-0.05, 0) is 61.3 Å². The van der Waals surface area contributed by atoms with E-state index in [4.69, 9.17) is 0 Å². The molecule has 4 fully saturated rings. The summed E-state index contributed by atoms with van der Waals surface area (Å²) in [5.41, 5.74) is 2.99. The Morgan fingerprint density at radius 1 is 1.24 bits per heavy atom. The largest absolute Gasteiger partial charge is 0.355 e. The molecule has 7 atom stereocenters. The van der Waals surface area contributed by atoms with E-state index in [1.54, 1.807) is 7.05 Å². The summed E-state index contributed by atoms with van der Waals surface area (Å²) in [6.45, 7) is 3.31. The molecule has 6 rings (SSSR count). The van der Waals surface area contributed by atoms with Gasteiger partial charge in [-0.25, -0.2) is 0 Å². The van der Waals surface area contributed by atoms with E-state index in [2.05, 4.69) is 21.2 Å². The van der Waals surface area contributed by atoms with Gasteiger partial charge in [0.1, 0.15) is 6.04 Å². The van der Waals surface area contributed by atoms with Crippen LogP contribution in [0.15, 0.2) is 18.2 Å². The molecular formula is C26H31N5O3. The van der Waals surface area contributed by atoms with E-state index in [0.717, 1.165) is 44.2 Å². The molecule has 3 heterocycles. The van der Waals surface area contributed by atoms with Crippen LogP contribution in [-0.4, -0.2) is 76.7 Å². The van der Waals surface area contributed by atoms with Crippen LogP contribution in [0.25, 0.3) is 0 Å². The summed E-state index contributed by atoms with van der Waals surface area (Å²) in [5.74, 6) is 0.448. The smallest absolute Gasteiger partial charge is 0.251 e. The zero-order chi connectivity index (χ0) is 23.7. The zero-order valence-corrected chi connectivity index (χ0v) is 19.7. The molecular weight excluding hydrogens is 430 g/mol. The molecule has 5 aliphatic rings. The number of benzene rings is 1. The first-order chi connectivity index (χ1) is 16.4. The number of hydrogen-bond acceptors (Lipinski definition) is 5. The van der Waals surface area contributed by atoms with Crippen molar-refractivity contribution in [3.05, 3.63) is 34.9 Å². The van der Waals surface area contributed by atoms with Gasteiger partial charge < -0.3 is 15.1 Å². The average molecular weight is 462 g/mol. The van der Waals surface area contributed by atoms with E-state index in [1.165, 1.54) is 5.56 Å². The van der Waals surface area contributed by atoms with Crippen LogP contribution >= 0.6 is 0 Å². The highest BCUT2D eigenvalue weighted by atomic mass is 16.2. The molecule has 3 saturated heterocycles. The molecule has 34 heavy (non-hydrogen) atoms. The number of likely N-dealkylation sites (tertiary alicyclic amines) is 3. The predicted octanol–water partition coefficient (Wildman–Crippen LogP) is 1.47. The van der Waals surface area contributed by atoms with Crippen LogP contribution in [0.1, 0.15) is 60.1 Å². The van der Waals surface area contributed by atoms with Crippen molar-refractivity contribution in [3.8, 4) is 6.07 Å². The second-order valence-electron chi connectivity index (χ2n) is 10.7. The summed E-state index contributed by atoms with van der Waals surface area (Å²) in [6.07, 6.45) is 4.43. The first-order valence-electron chi connectivity index (χ1n) is 12.5. The number of nitriles is 1. The molecule has 3 amide bonds. The Labute approximate surface area is 199 Å². The summed E-state index contributed by atoms with van der Waals surface area (Å²) in [6, 6.07) is 8.20. The Balaban J connectivity index is 1.12. The zero-order valence-electron chi connectivity index (χ0n) is 19.7. The van der Waals surface area contributed by atoms with Gasteiger partial charge in [0.2, 0.25) is 11.8 Å². The molecule has 8 nitrogen and oxygen atoms in total. The highest BCUT2D eigenvalue weighted by Crippen LogP contribution is 2.48. The molecule has 3 aliphatic heterocycles. The van der Waals surface area contributed by atoms with Crippen molar-refractivity contribution in [2.24, 2.45) is 11.8 Å². The highest BCUT2D eigenvalue weighted by molar-refractivity contribution is 5.94. The highest BCUT2D eigenvalue weighted by Gasteiger charge is 2.56. The number of piperidine rings is 1. The van der Waals surface area contributed by atoms with Gasteiger partial charge in [0.05, 0.1) is 18.2 Å². The number of amides is 3. The first-order valence-corrected chi connectivity index (χ1v) is 12.5. The lowest BCUT2D eigenvalue weighted by atomic mass is 10.0. The monoisotopic (exact) mass is 461 g/mol. The molecule has 2 aliphatic carbocycles. The summed E-state index contributed by atoms with van der Waals surface area (Å²) in [7, 11) is 1.63. The number of nitrogens with zero attached hydrogens (tertiary/aromatic N) is 4. The third-order valence-corrected chi connectivity index (χ3v) is 8.77. The van der Waals surface area contributed by atoms with E-state index in [-0.39, 0.29) is 53.8 Å². The fourth-order valence-electron chi connectivity index (χ4n) is 7.04. The average Bonchev–Trinajstić information content (AvgIpc) is 3.18. The van der Waals surface area contributed by atoms with Gasteiger partial charge in [0.25, 0.3) is 5.91 Å². The molecule has 1 aromatic rings. The van der Waals surface area contributed by atoms with Crippen LogP contribution in [0, 0.1) is 23.2 Å². The van der Waals surface area contributed by atoms with Crippen molar-refractivity contribution < 1.29 is 14.4 Å². The number of nitrogens with one attached hydrogen (secondary N) is 1. The summed E-state index contributed by atoms with van der Waals surface area (Å²) >= 11 is 0. The van der Waals surface area contributed by atoms with Gasteiger partial charge in [-0.3, -0.25) is 19.3 Å². The maximum absolute atomic E-state index is 13.4. The fourth-order valence-corrected chi connectivity index (χ4v) is 7.04. The molecule has 178 valence electrons. The molecule has 0 spiro atoms. The maximum atomic E-state index is 13.4. The SMILES string of the molecule is CNC(=O)c1ccc2c(c1)CC[C@@H]2N1C(=O)[C@@H]2C[C@H]1CN2C[C@H](C)C(=O)N1C2C[C@H]2C[C@H]1C#N. The van der Waals surface area contributed by atoms with E-state index in [9.17, 15) is 19.6 Å². The Bertz CT molecular complexity index is 1110. The number of hydrogen-bond donors (Lipinski definition) is 1. The van der Waals surface area contributed by atoms with Crippen molar-refractivity contribution in [2.45, 2.75) is 69.2 Å². The lowest BCUT2D eigenvalue weighted by Crippen LogP contribution is -2.53. The molecule has 1 N–H and O–H groups in total. The van der Waals surface area contributed by atoms with Crippen LogP contribution in [0.3, 0.4) is 0 Å². The molecule has 8 heteroatoms. The number of aryl methyl sites for hydroxylation is 1. The number of rotatable bonds is 5. The van der Waals surface area contributed by atoms with Gasteiger partial charge in [-0.2, -0.15) is 5.26 Å². The molecule has 0 radical (unpaired) electrons. The number of fused-ring (bicyclic) bond motifs is 4. The maximum Gasteiger partial charge on any atom is 0.251 e. The Hall–Kier alpha value is -2.92. The van der Waals surface area contributed by atoms with Gasteiger partial charge in [0, 0.05) is 43.7 Å². The van der Waals surface area contributed by atoms with Gasteiger partial charge in [0.15, 0.2) is 0 Å². The molecule has 0 aromatic heterocycles. The minimum absolute atomic E-state index is 0.0697. The van der Waals surface area contributed by atoms with Crippen LogP contribution in [0.2, 0.25) is 0 Å². The lowest BCUT2D eigenvalue weighted by molar-refractivity contribution is -0.142. The lowest BCUT2D eigenvalue weighted by Gasteiger charge is -2.39. The van der Waals surface area contributed by atoms with E-state index in [1.807, 2.05) is 30.0 Å². The number of carbonyl (C=O) groups excluding carboxylic acids is 3. The quantitative estimate of drug-likeness (QED) is 0.716. The van der Waals surface area contributed by atoms with Crippen molar-refractivity contribution in [3.63, 3.8) is 0 Å². The summed E-state index contributed by atoms with van der Waals surface area (Å²) in [4.78, 5) is 44.7. The minimum atomic E-state index is -0.280. The number of piperazine rings is 1. The topological polar surface area (TPSA) is 96.8 Å². The van der Waals surface area contributed by atoms with Crippen molar-refractivity contribution in [2.75, 3.05) is 20.1 Å². The summed E-state index contributed by atoms with van der Waals surface area (Å²) < 4.78 is 0. The van der Waals surface area contributed by atoms with E-state index >= 15 is 0 Å². The van der Waals surface area contributed by atoms with E-state index in [0.29, 0.717) is 18.0 Å². The molecule has 2 bridgehead atoms. The van der Waals surface area contributed by atoms with Crippen LogP contribution in [0.4, 0.5) is 0 Å².